The van der Waals surface area contributed by atoms with Crippen LogP contribution >= 0.6 is 0 Å². The molecule has 0 aromatic carbocycles. The summed E-state index contributed by atoms with van der Waals surface area (Å²) in [5.74, 6) is -0.859. The van der Waals surface area contributed by atoms with Crippen LogP contribution < -0.4 is 10.6 Å². The van der Waals surface area contributed by atoms with Crippen LogP contribution in [0.25, 0.3) is 0 Å². The summed E-state index contributed by atoms with van der Waals surface area (Å²) in [7, 11) is 0. The summed E-state index contributed by atoms with van der Waals surface area (Å²) in [6.45, 7) is 5.20. The van der Waals surface area contributed by atoms with Gasteiger partial charge in [-0.15, -0.1) is 0 Å². The number of amides is 4. The smallest absolute Gasteiger partial charge is 0.325 e. The predicted octanol–water partition coefficient (Wildman–Crippen LogP) is -0.548. The fraction of sp³-hybridized carbons (Fsp3) is 0.750. The number of rotatable bonds is 6. The number of aliphatic hydroxyl groups is 1. The lowest BCUT2D eigenvalue weighted by Gasteiger charge is -2.19. The number of nitrogens with one attached hydrogen (secondary N) is 2. The Kier molecular flexibility index (Phi) is 4.88. The second-order valence-electron chi connectivity index (χ2n) is 5.10. The summed E-state index contributed by atoms with van der Waals surface area (Å²) in [6, 6.07) is -0.542. The molecule has 108 valence electrons. The molecule has 2 atom stereocenters. The molecule has 0 aromatic rings. The van der Waals surface area contributed by atoms with Gasteiger partial charge in [-0.05, 0) is 19.3 Å². The number of aliphatic hydroxyl groups excluding tert-OH is 1. The fourth-order valence-corrected chi connectivity index (χ4v) is 1.68. The van der Waals surface area contributed by atoms with Gasteiger partial charge in [-0.2, -0.15) is 0 Å². The summed E-state index contributed by atoms with van der Waals surface area (Å²) < 4.78 is 0. The molecule has 0 radical (unpaired) electrons. The van der Waals surface area contributed by atoms with E-state index in [2.05, 4.69) is 10.6 Å². The SMILES string of the molecule is CCC1(C)NC(=O)N(CC(=O)NCC(C)CO)C1=O. The van der Waals surface area contributed by atoms with Gasteiger partial charge in [0.25, 0.3) is 5.91 Å². The Morgan fingerprint density at radius 3 is 2.63 bits per heavy atom. The number of imide groups is 1. The van der Waals surface area contributed by atoms with Crippen molar-refractivity contribution in [3.05, 3.63) is 0 Å². The summed E-state index contributed by atoms with van der Waals surface area (Å²) in [5, 5.41) is 14.0. The van der Waals surface area contributed by atoms with E-state index >= 15 is 0 Å². The van der Waals surface area contributed by atoms with Gasteiger partial charge in [-0.25, -0.2) is 4.79 Å². The highest BCUT2D eigenvalue weighted by Crippen LogP contribution is 2.20. The topological polar surface area (TPSA) is 98.7 Å². The molecule has 1 fully saturated rings. The molecule has 3 N–H and O–H groups in total. The third kappa shape index (κ3) is 3.44. The van der Waals surface area contributed by atoms with Crippen molar-refractivity contribution in [3.8, 4) is 0 Å². The molecule has 1 saturated heterocycles. The normalized spacial score (nSPS) is 24.3. The maximum atomic E-state index is 12.0. The van der Waals surface area contributed by atoms with Gasteiger partial charge < -0.3 is 15.7 Å². The average Bonchev–Trinajstić information content (AvgIpc) is 2.60. The number of urea groups is 1. The largest absolute Gasteiger partial charge is 0.396 e. The highest BCUT2D eigenvalue weighted by atomic mass is 16.3. The van der Waals surface area contributed by atoms with E-state index in [1.807, 2.05) is 0 Å². The molecule has 2 unspecified atom stereocenters. The van der Waals surface area contributed by atoms with Crippen LogP contribution in [-0.2, 0) is 9.59 Å². The van der Waals surface area contributed by atoms with Crippen LogP contribution in [0, 0.1) is 5.92 Å². The summed E-state index contributed by atoms with van der Waals surface area (Å²) in [4.78, 5) is 36.2. The van der Waals surface area contributed by atoms with Crippen LogP contribution in [0.5, 0.6) is 0 Å². The van der Waals surface area contributed by atoms with Crippen LogP contribution in [0.4, 0.5) is 4.79 Å². The average molecular weight is 271 g/mol. The molecule has 0 spiro atoms. The zero-order valence-corrected chi connectivity index (χ0v) is 11.5. The van der Waals surface area contributed by atoms with Gasteiger partial charge >= 0.3 is 6.03 Å². The lowest BCUT2D eigenvalue weighted by atomic mass is 9.99. The van der Waals surface area contributed by atoms with Gasteiger partial charge in [0, 0.05) is 13.2 Å². The first-order chi connectivity index (χ1) is 8.84. The Morgan fingerprint density at radius 1 is 1.53 bits per heavy atom. The van der Waals surface area contributed by atoms with Gasteiger partial charge in [0.15, 0.2) is 0 Å². The third-order valence-corrected chi connectivity index (χ3v) is 3.31. The van der Waals surface area contributed by atoms with Crippen molar-refractivity contribution in [2.45, 2.75) is 32.7 Å². The van der Waals surface area contributed by atoms with Crippen LogP contribution in [0.3, 0.4) is 0 Å². The van der Waals surface area contributed by atoms with E-state index in [0.717, 1.165) is 4.90 Å². The van der Waals surface area contributed by atoms with E-state index in [-0.39, 0.29) is 25.0 Å². The first kappa shape index (κ1) is 15.4. The molecule has 7 nitrogen and oxygen atoms in total. The van der Waals surface area contributed by atoms with E-state index in [0.29, 0.717) is 13.0 Å². The van der Waals surface area contributed by atoms with Crippen LogP contribution in [0.1, 0.15) is 27.2 Å². The van der Waals surface area contributed by atoms with E-state index in [1.54, 1.807) is 20.8 Å². The summed E-state index contributed by atoms with van der Waals surface area (Å²) in [6.07, 6.45) is 0.469. The number of carbonyl (C=O) groups is 3. The van der Waals surface area contributed by atoms with E-state index < -0.39 is 17.5 Å². The number of hydrogen-bond acceptors (Lipinski definition) is 4. The van der Waals surface area contributed by atoms with Crippen LogP contribution in [-0.4, -0.2) is 53.1 Å². The Hall–Kier alpha value is -1.63. The summed E-state index contributed by atoms with van der Waals surface area (Å²) >= 11 is 0. The maximum absolute atomic E-state index is 12.0. The van der Waals surface area contributed by atoms with E-state index in [1.165, 1.54) is 0 Å². The van der Waals surface area contributed by atoms with E-state index in [9.17, 15) is 14.4 Å². The molecule has 0 aromatic heterocycles. The molecular weight excluding hydrogens is 250 g/mol. The van der Waals surface area contributed by atoms with Gasteiger partial charge in [0.2, 0.25) is 5.91 Å². The second kappa shape index (κ2) is 6.01. The zero-order chi connectivity index (χ0) is 14.6. The molecule has 0 aliphatic carbocycles. The second-order valence-corrected chi connectivity index (χ2v) is 5.10. The molecule has 7 heteroatoms. The lowest BCUT2D eigenvalue weighted by molar-refractivity contribution is -0.134. The Labute approximate surface area is 112 Å². The Balaban J connectivity index is 2.55. The molecular formula is C12H21N3O4. The number of hydrogen-bond donors (Lipinski definition) is 3. The van der Waals surface area contributed by atoms with Crippen molar-refractivity contribution in [1.29, 1.82) is 0 Å². The van der Waals surface area contributed by atoms with Gasteiger partial charge in [0.1, 0.15) is 12.1 Å². The highest BCUT2D eigenvalue weighted by Gasteiger charge is 2.46. The van der Waals surface area contributed by atoms with Crippen molar-refractivity contribution in [3.63, 3.8) is 0 Å². The standard InChI is InChI=1S/C12H21N3O4/c1-4-12(3)10(18)15(11(19)14-12)6-9(17)13-5-8(2)7-16/h8,16H,4-7H2,1-3H3,(H,13,17)(H,14,19). The van der Waals surface area contributed by atoms with Crippen molar-refractivity contribution >= 4 is 17.8 Å². The van der Waals surface area contributed by atoms with E-state index in [4.69, 9.17) is 5.11 Å². The predicted molar refractivity (Wildman–Crippen MR) is 68.2 cm³/mol. The van der Waals surface area contributed by atoms with Gasteiger partial charge in [0.05, 0.1) is 0 Å². The molecule has 19 heavy (non-hydrogen) atoms. The highest BCUT2D eigenvalue weighted by molar-refractivity contribution is 6.08. The first-order valence-corrected chi connectivity index (χ1v) is 6.35. The summed E-state index contributed by atoms with van der Waals surface area (Å²) in [5.41, 5.74) is -0.921. The van der Waals surface area contributed by atoms with Crippen molar-refractivity contribution in [1.82, 2.24) is 15.5 Å². The Morgan fingerprint density at radius 2 is 2.16 bits per heavy atom. The molecule has 1 heterocycles. The minimum absolute atomic E-state index is 0.0304. The lowest BCUT2D eigenvalue weighted by Crippen LogP contribution is -2.45. The van der Waals surface area contributed by atoms with Crippen LogP contribution in [0.15, 0.2) is 0 Å². The quantitative estimate of drug-likeness (QED) is 0.565. The van der Waals surface area contributed by atoms with Gasteiger partial charge in [-0.3, -0.25) is 14.5 Å². The number of carbonyl (C=O) groups excluding carboxylic acids is 3. The minimum Gasteiger partial charge on any atom is -0.396 e. The van der Waals surface area contributed by atoms with Crippen molar-refractivity contribution in [2.24, 2.45) is 5.92 Å². The number of nitrogens with zero attached hydrogens (tertiary/aromatic N) is 1. The Bertz CT molecular complexity index is 385. The van der Waals surface area contributed by atoms with Crippen molar-refractivity contribution in [2.75, 3.05) is 19.7 Å². The molecule has 4 amide bonds. The molecule has 1 rings (SSSR count). The van der Waals surface area contributed by atoms with Crippen LogP contribution in [0.2, 0.25) is 0 Å². The molecule has 0 saturated carbocycles. The van der Waals surface area contributed by atoms with Gasteiger partial charge in [-0.1, -0.05) is 13.8 Å². The molecule has 1 aliphatic heterocycles. The molecule has 1 aliphatic rings. The molecule has 0 bridgehead atoms. The monoisotopic (exact) mass is 271 g/mol. The minimum atomic E-state index is -0.921. The third-order valence-electron chi connectivity index (χ3n) is 3.31. The maximum Gasteiger partial charge on any atom is 0.325 e. The zero-order valence-electron chi connectivity index (χ0n) is 11.5. The first-order valence-electron chi connectivity index (χ1n) is 6.35. The van der Waals surface area contributed by atoms with Crippen molar-refractivity contribution < 1.29 is 19.5 Å². The fourth-order valence-electron chi connectivity index (χ4n) is 1.68.